The van der Waals surface area contributed by atoms with E-state index in [1.165, 1.54) is 32.1 Å². The van der Waals surface area contributed by atoms with Gasteiger partial charge in [-0.05, 0) is 46.1 Å². The Morgan fingerprint density at radius 1 is 1.30 bits per heavy atom. The van der Waals surface area contributed by atoms with Crippen LogP contribution in [0.4, 0.5) is 0 Å². The van der Waals surface area contributed by atoms with E-state index in [0.717, 1.165) is 24.9 Å². The number of hydrogen-bond acceptors (Lipinski definition) is 3. The molecule has 0 aromatic rings. The number of nitrogens with zero attached hydrogens (tertiary/aromatic N) is 1. The number of amides is 1. The van der Waals surface area contributed by atoms with Crippen LogP contribution < -0.4 is 10.6 Å². The van der Waals surface area contributed by atoms with Crippen LogP contribution in [0.15, 0.2) is 0 Å². The van der Waals surface area contributed by atoms with Gasteiger partial charge in [0.2, 0.25) is 5.91 Å². The van der Waals surface area contributed by atoms with E-state index in [4.69, 9.17) is 0 Å². The Morgan fingerprint density at radius 2 is 1.95 bits per heavy atom. The molecule has 3 atom stereocenters. The normalized spacial score (nSPS) is 31.9. The summed E-state index contributed by atoms with van der Waals surface area (Å²) in [4.78, 5) is 14.5. The molecule has 0 aliphatic carbocycles. The molecule has 2 fully saturated rings. The van der Waals surface area contributed by atoms with Crippen LogP contribution in [0.2, 0.25) is 0 Å². The van der Waals surface area contributed by atoms with Gasteiger partial charge in [0.1, 0.15) is 0 Å². The summed E-state index contributed by atoms with van der Waals surface area (Å²) in [6.07, 6.45) is 8.60. The van der Waals surface area contributed by atoms with Gasteiger partial charge in [0, 0.05) is 24.2 Å². The van der Waals surface area contributed by atoms with Gasteiger partial charge in [0.05, 0.1) is 6.54 Å². The zero-order valence-corrected chi connectivity index (χ0v) is 13.3. The molecule has 2 bridgehead atoms. The summed E-state index contributed by atoms with van der Waals surface area (Å²) in [5.41, 5.74) is 0. The minimum absolute atomic E-state index is 0.148. The lowest BCUT2D eigenvalue weighted by Crippen LogP contribution is -2.55. The van der Waals surface area contributed by atoms with Crippen LogP contribution in [0.25, 0.3) is 0 Å². The summed E-state index contributed by atoms with van der Waals surface area (Å²) in [7, 11) is 2.27. The molecule has 2 rings (SSSR count). The second kappa shape index (κ2) is 7.41. The first kappa shape index (κ1) is 15.8. The highest BCUT2D eigenvalue weighted by Crippen LogP contribution is 2.32. The Bertz CT molecular complexity index is 307. The van der Waals surface area contributed by atoms with Crippen LogP contribution in [0.3, 0.4) is 0 Å². The monoisotopic (exact) mass is 281 g/mol. The molecule has 4 nitrogen and oxygen atoms in total. The number of nitrogens with one attached hydrogen (secondary N) is 2. The maximum absolute atomic E-state index is 11.9. The summed E-state index contributed by atoms with van der Waals surface area (Å²) in [5.74, 6) is 0.148. The maximum atomic E-state index is 11.9. The average molecular weight is 281 g/mol. The largest absolute Gasteiger partial charge is 0.353 e. The van der Waals surface area contributed by atoms with Crippen molar-refractivity contribution in [3.8, 4) is 0 Å². The minimum atomic E-state index is 0.148. The van der Waals surface area contributed by atoms with Gasteiger partial charge >= 0.3 is 0 Å². The van der Waals surface area contributed by atoms with Crippen molar-refractivity contribution in [1.82, 2.24) is 15.5 Å². The number of piperidine rings is 2. The van der Waals surface area contributed by atoms with E-state index in [-0.39, 0.29) is 5.91 Å². The van der Waals surface area contributed by atoms with Gasteiger partial charge in [-0.25, -0.2) is 0 Å². The summed E-state index contributed by atoms with van der Waals surface area (Å²) < 4.78 is 0. The Balaban J connectivity index is 1.70. The fraction of sp³-hybridized carbons (Fsp3) is 0.938. The first-order valence-electron chi connectivity index (χ1n) is 8.34. The van der Waals surface area contributed by atoms with Gasteiger partial charge in [-0.2, -0.15) is 0 Å². The highest BCUT2D eigenvalue weighted by molar-refractivity contribution is 5.78. The number of carbonyl (C=O) groups is 1. The molecule has 0 radical (unpaired) electrons. The van der Waals surface area contributed by atoms with Crippen molar-refractivity contribution in [3.63, 3.8) is 0 Å². The fourth-order valence-electron chi connectivity index (χ4n) is 3.85. The smallest absolute Gasteiger partial charge is 0.234 e. The molecule has 3 unspecified atom stereocenters. The van der Waals surface area contributed by atoms with Crippen molar-refractivity contribution in [2.24, 2.45) is 0 Å². The third-order valence-corrected chi connectivity index (χ3v) is 5.02. The molecule has 2 aliphatic heterocycles. The molecule has 0 spiro atoms. The van der Waals surface area contributed by atoms with Crippen molar-refractivity contribution in [2.75, 3.05) is 13.6 Å². The number of fused-ring (bicyclic) bond motifs is 2. The Morgan fingerprint density at radius 3 is 2.55 bits per heavy atom. The third kappa shape index (κ3) is 4.19. The zero-order chi connectivity index (χ0) is 14.5. The van der Waals surface area contributed by atoms with Gasteiger partial charge in [-0.1, -0.05) is 19.8 Å². The van der Waals surface area contributed by atoms with Crippen LogP contribution >= 0.6 is 0 Å². The van der Waals surface area contributed by atoms with Crippen LogP contribution in [-0.2, 0) is 4.79 Å². The van der Waals surface area contributed by atoms with Crippen LogP contribution in [0.1, 0.15) is 58.8 Å². The minimum Gasteiger partial charge on any atom is -0.353 e. The number of rotatable bonds is 6. The highest BCUT2D eigenvalue weighted by Gasteiger charge is 2.35. The van der Waals surface area contributed by atoms with E-state index in [1.54, 1.807) is 0 Å². The molecule has 0 aromatic carbocycles. The van der Waals surface area contributed by atoms with Gasteiger partial charge in [0.15, 0.2) is 0 Å². The molecule has 2 heterocycles. The number of hydrogen-bond donors (Lipinski definition) is 2. The molecular weight excluding hydrogens is 250 g/mol. The quantitative estimate of drug-likeness (QED) is 0.781. The molecule has 0 saturated carbocycles. The van der Waals surface area contributed by atoms with Gasteiger partial charge in [-0.3, -0.25) is 4.79 Å². The number of carbonyl (C=O) groups excluding carboxylic acids is 1. The van der Waals surface area contributed by atoms with Crippen molar-refractivity contribution >= 4 is 5.91 Å². The fourth-order valence-corrected chi connectivity index (χ4v) is 3.85. The van der Waals surface area contributed by atoms with E-state index in [2.05, 4.69) is 36.4 Å². The van der Waals surface area contributed by atoms with Crippen molar-refractivity contribution in [3.05, 3.63) is 0 Å². The Labute approximate surface area is 123 Å². The van der Waals surface area contributed by atoms with E-state index < -0.39 is 0 Å². The van der Waals surface area contributed by atoms with Crippen LogP contribution in [0.5, 0.6) is 0 Å². The highest BCUT2D eigenvalue weighted by atomic mass is 16.1. The van der Waals surface area contributed by atoms with Gasteiger partial charge in [0.25, 0.3) is 0 Å². The average Bonchev–Trinajstić information content (AvgIpc) is 2.37. The van der Waals surface area contributed by atoms with Crippen LogP contribution in [0, 0.1) is 0 Å². The molecule has 2 N–H and O–H groups in total. The summed E-state index contributed by atoms with van der Waals surface area (Å²) >= 11 is 0. The molecule has 0 aromatic heterocycles. The third-order valence-electron chi connectivity index (χ3n) is 5.02. The summed E-state index contributed by atoms with van der Waals surface area (Å²) in [6, 6.07) is 2.27. The van der Waals surface area contributed by atoms with Gasteiger partial charge in [-0.15, -0.1) is 0 Å². The van der Waals surface area contributed by atoms with Gasteiger partial charge < -0.3 is 15.5 Å². The molecule has 20 heavy (non-hydrogen) atoms. The standard InChI is InChI=1S/C16H31N3O/c1-4-6-12(2)18-16(20)11-17-13-9-14-7-5-8-15(10-13)19(14)3/h12-15,17H,4-11H2,1-3H3,(H,18,20). The van der Waals surface area contributed by atoms with Crippen molar-refractivity contribution in [1.29, 1.82) is 0 Å². The molecular formula is C16H31N3O. The predicted molar refractivity (Wildman–Crippen MR) is 82.7 cm³/mol. The lowest BCUT2D eigenvalue weighted by Gasteiger charge is -2.47. The summed E-state index contributed by atoms with van der Waals surface area (Å²) in [5, 5.41) is 6.55. The second-order valence-electron chi connectivity index (χ2n) is 6.71. The first-order valence-corrected chi connectivity index (χ1v) is 8.34. The lowest BCUT2D eigenvalue weighted by molar-refractivity contribution is -0.121. The molecule has 1 amide bonds. The molecule has 116 valence electrons. The first-order chi connectivity index (χ1) is 9.60. The topological polar surface area (TPSA) is 44.4 Å². The SMILES string of the molecule is CCCC(C)NC(=O)CNC1CC2CCCC(C1)N2C. The Hall–Kier alpha value is -0.610. The molecule has 4 heteroatoms. The predicted octanol–water partition coefficient (Wildman–Crippen LogP) is 1.90. The summed E-state index contributed by atoms with van der Waals surface area (Å²) in [6.45, 7) is 4.71. The second-order valence-corrected chi connectivity index (χ2v) is 6.71. The molecule has 2 aliphatic rings. The van der Waals surface area contributed by atoms with Crippen molar-refractivity contribution in [2.45, 2.75) is 83.0 Å². The Kier molecular flexibility index (Phi) is 5.85. The van der Waals surface area contributed by atoms with Crippen molar-refractivity contribution < 1.29 is 4.79 Å². The van der Waals surface area contributed by atoms with Crippen LogP contribution in [-0.4, -0.2) is 48.6 Å². The molecule has 2 saturated heterocycles. The van der Waals surface area contributed by atoms with E-state index in [1.807, 2.05) is 0 Å². The van der Waals surface area contributed by atoms with E-state index >= 15 is 0 Å². The van der Waals surface area contributed by atoms with E-state index in [0.29, 0.717) is 18.6 Å². The zero-order valence-electron chi connectivity index (χ0n) is 13.3. The maximum Gasteiger partial charge on any atom is 0.234 e. The van der Waals surface area contributed by atoms with E-state index in [9.17, 15) is 4.79 Å². The lowest BCUT2D eigenvalue weighted by atomic mass is 9.82.